The minimum absolute atomic E-state index is 0.00377. The lowest BCUT2D eigenvalue weighted by Crippen LogP contribution is -2.14. The summed E-state index contributed by atoms with van der Waals surface area (Å²) in [5.41, 5.74) is 1.92. The van der Waals surface area contributed by atoms with Crippen LogP contribution in [0.15, 0.2) is 82.4 Å². The predicted molar refractivity (Wildman–Crippen MR) is 113 cm³/mol. The molecule has 0 atom stereocenters. The molecule has 0 radical (unpaired) electrons. The van der Waals surface area contributed by atoms with Crippen molar-refractivity contribution in [2.75, 3.05) is 0 Å². The van der Waals surface area contributed by atoms with E-state index in [4.69, 9.17) is 0 Å². The topological polar surface area (TPSA) is 44.0 Å². The average Bonchev–Trinajstić information content (AvgIpc) is 3.21. The Bertz CT molecular complexity index is 1390. The zero-order valence-corrected chi connectivity index (χ0v) is 15.8. The summed E-state index contributed by atoms with van der Waals surface area (Å²) in [6.45, 7) is 0.528. The first kappa shape index (κ1) is 16.2. The second-order valence-electron chi connectivity index (χ2n) is 6.28. The highest BCUT2D eigenvalue weighted by Crippen LogP contribution is 2.21. The Morgan fingerprint density at radius 2 is 1.26 bits per heavy atom. The second kappa shape index (κ2) is 6.33. The van der Waals surface area contributed by atoms with E-state index in [0.29, 0.717) is 6.54 Å². The van der Waals surface area contributed by atoms with Gasteiger partial charge >= 0.3 is 0 Å². The van der Waals surface area contributed by atoms with Crippen LogP contribution >= 0.6 is 23.1 Å². The van der Waals surface area contributed by atoms with Crippen LogP contribution in [-0.2, 0) is 6.54 Å². The van der Waals surface area contributed by atoms with Gasteiger partial charge in [0.05, 0.1) is 32.4 Å². The molecule has 0 N–H and O–H groups in total. The second-order valence-corrected chi connectivity index (χ2v) is 8.33. The summed E-state index contributed by atoms with van der Waals surface area (Å²) in [6, 6.07) is 23.1. The first-order valence-corrected chi connectivity index (χ1v) is 10.0. The molecule has 0 aliphatic rings. The van der Waals surface area contributed by atoms with Crippen molar-refractivity contribution < 1.29 is 0 Å². The van der Waals surface area contributed by atoms with Gasteiger partial charge in [0.25, 0.3) is 11.1 Å². The molecule has 0 bridgehead atoms. The third kappa shape index (κ3) is 2.74. The van der Waals surface area contributed by atoms with Gasteiger partial charge in [-0.25, -0.2) is 3.96 Å². The molecule has 5 rings (SSSR count). The van der Waals surface area contributed by atoms with E-state index in [1.807, 2.05) is 72.8 Å². The maximum atomic E-state index is 12.6. The molecular weight excluding hydrogens is 376 g/mol. The molecule has 0 amide bonds. The molecular formula is C21H14N2O2S2. The van der Waals surface area contributed by atoms with Crippen LogP contribution in [0.2, 0.25) is 0 Å². The highest BCUT2D eigenvalue weighted by molar-refractivity contribution is 7.14. The van der Waals surface area contributed by atoms with Crippen LogP contribution in [-0.4, -0.2) is 7.91 Å². The minimum Gasteiger partial charge on any atom is -0.268 e. The van der Waals surface area contributed by atoms with Gasteiger partial charge in [0.15, 0.2) is 0 Å². The number of fused-ring (bicyclic) bond motifs is 2. The fourth-order valence-electron chi connectivity index (χ4n) is 3.17. The first-order chi connectivity index (χ1) is 13.2. The summed E-state index contributed by atoms with van der Waals surface area (Å²) < 4.78 is 5.45. The summed E-state index contributed by atoms with van der Waals surface area (Å²) in [4.78, 5) is 25.1. The number of nitrogens with zero attached hydrogens (tertiary/aromatic N) is 2. The minimum atomic E-state index is 0.00377. The monoisotopic (exact) mass is 390 g/mol. The zero-order chi connectivity index (χ0) is 18.4. The first-order valence-electron chi connectivity index (χ1n) is 8.50. The summed E-state index contributed by atoms with van der Waals surface area (Å²) in [6.07, 6.45) is 0. The van der Waals surface area contributed by atoms with Crippen LogP contribution in [0.4, 0.5) is 0 Å². The quantitative estimate of drug-likeness (QED) is 0.456. The van der Waals surface area contributed by atoms with Crippen molar-refractivity contribution in [1.82, 2.24) is 7.91 Å². The Morgan fingerprint density at radius 1 is 0.667 bits per heavy atom. The van der Waals surface area contributed by atoms with E-state index < -0.39 is 0 Å². The molecule has 2 heterocycles. The van der Waals surface area contributed by atoms with E-state index in [1.54, 1.807) is 7.91 Å². The largest absolute Gasteiger partial charge is 0.273 e. The molecule has 0 fully saturated rings. The number of hydrogen-bond donors (Lipinski definition) is 0. The van der Waals surface area contributed by atoms with Crippen molar-refractivity contribution in [3.8, 4) is 5.69 Å². The number of aromatic nitrogens is 2. The molecule has 2 aromatic heterocycles. The summed E-state index contributed by atoms with van der Waals surface area (Å²) >= 11 is 2.92. The summed E-state index contributed by atoms with van der Waals surface area (Å²) in [5, 5.41) is 1.50. The number of benzene rings is 3. The van der Waals surface area contributed by atoms with Gasteiger partial charge < -0.3 is 0 Å². The van der Waals surface area contributed by atoms with E-state index in [0.717, 1.165) is 31.4 Å². The van der Waals surface area contributed by atoms with Gasteiger partial charge in [-0.05, 0) is 42.0 Å². The van der Waals surface area contributed by atoms with Gasteiger partial charge in [0.1, 0.15) is 0 Å². The Kier molecular flexibility index (Phi) is 3.81. The smallest absolute Gasteiger partial charge is 0.268 e. The Hall–Kier alpha value is -2.96. The Labute approximate surface area is 162 Å². The van der Waals surface area contributed by atoms with Gasteiger partial charge in [-0.1, -0.05) is 59.5 Å². The van der Waals surface area contributed by atoms with Crippen LogP contribution in [0.1, 0.15) is 5.56 Å². The van der Waals surface area contributed by atoms with E-state index >= 15 is 0 Å². The fraction of sp³-hybridized carbons (Fsp3) is 0.0476. The number of rotatable bonds is 3. The van der Waals surface area contributed by atoms with E-state index in [-0.39, 0.29) is 11.1 Å². The molecule has 3 aromatic carbocycles. The third-order valence-electron chi connectivity index (χ3n) is 4.54. The standard InChI is InChI=1S/C21H14N2O2S2/c24-20-16-5-1-3-7-18(16)26-22(20)13-14-9-11-15(12-10-14)23-21(25)17-6-2-4-8-19(17)27-23/h1-12H,13H2. The van der Waals surface area contributed by atoms with E-state index in [9.17, 15) is 9.59 Å². The number of hydrogen-bond acceptors (Lipinski definition) is 4. The molecule has 5 aromatic rings. The van der Waals surface area contributed by atoms with Crippen molar-refractivity contribution in [2.24, 2.45) is 0 Å². The lowest BCUT2D eigenvalue weighted by Gasteiger charge is -2.04. The highest BCUT2D eigenvalue weighted by atomic mass is 32.1. The zero-order valence-electron chi connectivity index (χ0n) is 14.2. The maximum Gasteiger partial charge on any atom is 0.273 e. The molecule has 0 saturated heterocycles. The molecule has 0 saturated carbocycles. The highest BCUT2D eigenvalue weighted by Gasteiger charge is 2.10. The van der Waals surface area contributed by atoms with E-state index in [2.05, 4.69) is 0 Å². The maximum absolute atomic E-state index is 12.6. The van der Waals surface area contributed by atoms with Gasteiger partial charge in [0, 0.05) is 0 Å². The van der Waals surface area contributed by atoms with Crippen molar-refractivity contribution in [3.63, 3.8) is 0 Å². The molecule has 0 aliphatic carbocycles. The van der Waals surface area contributed by atoms with Gasteiger partial charge in [0.2, 0.25) is 0 Å². The fourth-order valence-corrected chi connectivity index (χ4v) is 5.19. The van der Waals surface area contributed by atoms with Crippen molar-refractivity contribution in [3.05, 3.63) is 99.1 Å². The normalized spacial score (nSPS) is 11.4. The molecule has 0 aliphatic heterocycles. The predicted octanol–water partition coefficient (Wildman–Crippen LogP) is 4.48. The van der Waals surface area contributed by atoms with Crippen molar-refractivity contribution >= 4 is 43.2 Å². The van der Waals surface area contributed by atoms with Gasteiger partial charge in [-0.15, -0.1) is 0 Å². The molecule has 0 unspecified atom stereocenters. The van der Waals surface area contributed by atoms with Gasteiger partial charge in [-0.2, -0.15) is 0 Å². The molecule has 6 heteroatoms. The Morgan fingerprint density at radius 3 is 1.89 bits per heavy atom. The molecule has 132 valence electrons. The molecule has 0 spiro atoms. The van der Waals surface area contributed by atoms with Crippen molar-refractivity contribution in [1.29, 1.82) is 0 Å². The molecule has 4 nitrogen and oxygen atoms in total. The third-order valence-corrected chi connectivity index (χ3v) is 6.72. The molecule has 27 heavy (non-hydrogen) atoms. The van der Waals surface area contributed by atoms with Crippen LogP contribution in [0.3, 0.4) is 0 Å². The average molecular weight is 390 g/mol. The van der Waals surface area contributed by atoms with Gasteiger partial charge in [-0.3, -0.25) is 13.5 Å². The van der Waals surface area contributed by atoms with E-state index in [1.165, 1.54) is 23.1 Å². The lowest BCUT2D eigenvalue weighted by molar-refractivity contribution is 0.854. The lowest BCUT2D eigenvalue weighted by atomic mass is 10.2. The van der Waals surface area contributed by atoms with Crippen LogP contribution in [0.5, 0.6) is 0 Å². The van der Waals surface area contributed by atoms with Crippen molar-refractivity contribution in [2.45, 2.75) is 6.54 Å². The Balaban J connectivity index is 1.49. The SMILES string of the molecule is O=c1c2ccccc2sn1Cc1ccc(-n2sc3ccccc3c2=O)cc1. The summed E-state index contributed by atoms with van der Waals surface area (Å²) in [7, 11) is 0. The van der Waals surface area contributed by atoms with Crippen LogP contribution in [0, 0.1) is 0 Å². The van der Waals surface area contributed by atoms with Crippen LogP contribution in [0.25, 0.3) is 25.9 Å². The van der Waals surface area contributed by atoms with Crippen LogP contribution < -0.4 is 11.1 Å². The summed E-state index contributed by atoms with van der Waals surface area (Å²) in [5.74, 6) is 0.